The zero-order chi connectivity index (χ0) is 17.3. The molecule has 0 aliphatic carbocycles. The van der Waals surface area contributed by atoms with Gasteiger partial charge in [0, 0.05) is 5.39 Å². The molecule has 124 valence electrons. The molecule has 0 radical (unpaired) electrons. The van der Waals surface area contributed by atoms with E-state index in [9.17, 15) is 18.0 Å². The predicted molar refractivity (Wildman–Crippen MR) is 83.4 cm³/mol. The molecule has 0 aliphatic rings. The van der Waals surface area contributed by atoms with E-state index in [2.05, 4.69) is 21.0 Å². The summed E-state index contributed by atoms with van der Waals surface area (Å²) in [6.45, 7) is 1.87. The molecule has 24 heavy (non-hydrogen) atoms. The Balaban J connectivity index is 1.82. The average Bonchev–Trinajstić information content (AvgIpc) is 2.95. The van der Waals surface area contributed by atoms with Crippen LogP contribution in [0.2, 0.25) is 0 Å². The number of amides is 1. The van der Waals surface area contributed by atoms with E-state index in [0.717, 1.165) is 11.6 Å². The van der Waals surface area contributed by atoms with Crippen LogP contribution in [-0.4, -0.2) is 16.1 Å². The number of nitrogens with one attached hydrogen (secondary N) is 3. The van der Waals surface area contributed by atoms with Crippen molar-refractivity contribution in [3.8, 4) is 0 Å². The van der Waals surface area contributed by atoms with E-state index >= 15 is 0 Å². The second-order valence-corrected chi connectivity index (χ2v) is 5.24. The van der Waals surface area contributed by atoms with Gasteiger partial charge >= 0.3 is 6.18 Å². The number of nitrogens with zero attached hydrogens (tertiary/aromatic N) is 1. The number of hydrazine groups is 1. The van der Waals surface area contributed by atoms with Crippen LogP contribution in [0.25, 0.3) is 10.9 Å². The van der Waals surface area contributed by atoms with Crippen molar-refractivity contribution in [2.24, 2.45) is 0 Å². The Morgan fingerprint density at radius 1 is 1.17 bits per heavy atom. The summed E-state index contributed by atoms with van der Waals surface area (Å²) in [6, 6.07) is 10.3. The maximum absolute atomic E-state index is 12.9. The Bertz CT molecular complexity index is 902. The summed E-state index contributed by atoms with van der Waals surface area (Å²) in [5.41, 5.74) is 5.17. The van der Waals surface area contributed by atoms with Crippen LogP contribution in [-0.2, 0) is 6.18 Å². The molecular weight excluding hydrogens is 321 g/mol. The fourth-order valence-corrected chi connectivity index (χ4v) is 2.32. The minimum atomic E-state index is -4.52. The fourth-order valence-electron chi connectivity index (χ4n) is 2.32. The number of halogens is 3. The maximum atomic E-state index is 12.9. The van der Waals surface area contributed by atoms with Gasteiger partial charge in [-0.1, -0.05) is 23.8 Å². The molecule has 2 aromatic carbocycles. The molecule has 0 atom stereocenters. The summed E-state index contributed by atoms with van der Waals surface area (Å²) >= 11 is 0. The summed E-state index contributed by atoms with van der Waals surface area (Å²) in [4.78, 5) is 12.2. The fraction of sp³-hybridized carbons (Fsp3) is 0.125. The van der Waals surface area contributed by atoms with Crippen LogP contribution < -0.4 is 10.9 Å². The van der Waals surface area contributed by atoms with Gasteiger partial charge in [0.05, 0.1) is 16.8 Å². The normalized spacial score (nSPS) is 11.5. The number of benzene rings is 2. The quantitative estimate of drug-likeness (QED) is 0.641. The zero-order valence-corrected chi connectivity index (χ0v) is 12.5. The van der Waals surface area contributed by atoms with E-state index in [1.54, 1.807) is 12.1 Å². The van der Waals surface area contributed by atoms with Gasteiger partial charge in [-0.05, 0) is 31.2 Å². The summed E-state index contributed by atoms with van der Waals surface area (Å²) in [5.74, 6) is -0.635. The second kappa shape index (κ2) is 5.88. The van der Waals surface area contributed by atoms with Crippen LogP contribution in [0, 0.1) is 6.92 Å². The number of aromatic nitrogens is 2. The van der Waals surface area contributed by atoms with Crippen molar-refractivity contribution in [1.29, 1.82) is 0 Å². The first kappa shape index (κ1) is 15.9. The molecule has 0 saturated heterocycles. The largest absolute Gasteiger partial charge is 0.418 e. The van der Waals surface area contributed by atoms with E-state index < -0.39 is 17.6 Å². The van der Waals surface area contributed by atoms with E-state index in [1.807, 2.05) is 13.0 Å². The number of anilines is 1. The molecule has 5 nitrogen and oxygen atoms in total. The number of hydrogen-bond donors (Lipinski definition) is 3. The van der Waals surface area contributed by atoms with Crippen LogP contribution in [0.3, 0.4) is 0 Å². The van der Waals surface area contributed by atoms with Crippen LogP contribution in [0.15, 0.2) is 42.5 Å². The topological polar surface area (TPSA) is 69.8 Å². The zero-order valence-electron chi connectivity index (χ0n) is 12.5. The van der Waals surface area contributed by atoms with E-state index in [1.165, 1.54) is 18.2 Å². The van der Waals surface area contributed by atoms with Gasteiger partial charge in [0.1, 0.15) is 0 Å². The van der Waals surface area contributed by atoms with Gasteiger partial charge in [0.25, 0.3) is 5.91 Å². The predicted octanol–water partition coefficient (Wildman–Crippen LogP) is 3.65. The number of H-pyrrole nitrogens is 1. The van der Waals surface area contributed by atoms with Gasteiger partial charge < -0.3 is 0 Å². The van der Waals surface area contributed by atoms with E-state index in [4.69, 9.17) is 0 Å². The number of alkyl halides is 3. The Hall–Kier alpha value is -3.03. The molecule has 8 heteroatoms. The van der Waals surface area contributed by atoms with Gasteiger partial charge in [-0.15, -0.1) is 0 Å². The van der Waals surface area contributed by atoms with Crippen LogP contribution in [0.1, 0.15) is 21.6 Å². The molecule has 0 fully saturated rings. The highest BCUT2D eigenvalue weighted by Crippen LogP contribution is 2.34. The summed E-state index contributed by atoms with van der Waals surface area (Å²) in [7, 11) is 0. The highest BCUT2D eigenvalue weighted by molar-refractivity contribution is 6.05. The molecule has 3 N–H and O–H groups in total. The number of carbonyl (C=O) groups excluding carboxylic acids is 1. The van der Waals surface area contributed by atoms with Crippen LogP contribution in [0.4, 0.5) is 18.9 Å². The molecule has 1 heterocycles. The van der Waals surface area contributed by atoms with Crippen molar-refractivity contribution in [3.63, 3.8) is 0 Å². The molecule has 0 unspecified atom stereocenters. The van der Waals surface area contributed by atoms with Crippen LogP contribution in [0.5, 0.6) is 0 Å². The third-order valence-electron chi connectivity index (χ3n) is 3.48. The van der Waals surface area contributed by atoms with Crippen molar-refractivity contribution in [2.45, 2.75) is 13.1 Å². The molecule has 0 aliphatic heterocycles. The Labute approximate surface area is 134 Å². The Morgan fingerprint density at radius 3 is 2.67 bits per heavy atom. The SMILES string of the molecule is Cc1ccc2[nH]nc(C(=O)NNc3ccccc3C(F)(F)F)c2c1. The summed E-state index contributed by atoms with van der Waals surface area (Å²) < 4.78 is 38.8. The van der Waals surface area contributed by atoms with Crippen molar-refractivity contribution < 1.29 is 18.0 Å². The van der Waals surface area contributed by atoms with Crippen LogP contribution >= 0.6 is 0 Å². The summed E-state index contributed by atoms with van der Waals surface area (Å²) in [6.07, 6.45) is -4.52. The molecule has 1 amide bonds. The lowest BCUT2D eigenvalue weighted by Crippen LogP contribution is -2.31. The smallest absolute Gasteiger partial charge is 0.298 e. The van der Waals surface area contributed by atoms with Gasteiger partial charge in [-0.25, -0.2) is 0 Å². The molecule has 1 aromatic heterocycles. The van der Waals surface area contributed by atoms with Gasteiger partial charge in [0.15, 0.2) is 5.69 Å². The number of hydrogen-bond acceptors (Lipinski definition) is 3. The Morgan fingerprint density at radius 2 is 1.92 bits per heavy atom. The highest BCUT2D eigenvalue weighted by Gasteiger charge is 2.33. The first-order valence-electron chi connectivity index (χ1n) is 7.03. The van der Waals surface area contributed by atoms with Crippen molar-refractivity contribution in [3.05, 3.63) is 59.3 Å². The van der Waals surface area contributed by atoms with Crippen molar-refractivity contribution in [1.82, 2.24) is 15.6 Å². The van der Waals surface area contributed by atoms with Gasteiger partial charge in [-0.2, -0.15) is 18.3 Å². The molecule has 0 saturated carbocycles. The molecule has 0 bridgehead atoms. The summed E-state index contributed by atoms with van der Waals surface area (Å²) in [5, 5.41) is 7.23. The number of rotatable bonds is 3. The number of fused-ring (bicyclic) bond motifs is 1. The first-order valence-corrected chi connectivity index (χ1v) is 7.03. The maximum Gasteiger partial charge on any atom is 0.418 e. The number of para-hydroxylation sites is 1. The molecular formula is C16H13F3N4O. The Kier molecular flexibility index (Phi) is 3.88. The standard InChI is InChI=1S/C16H13F3N4O/c1-9-6-7-12-10(8-9)14(22-20-12)15(24)23-21-13-5-3-2-4-11(13)16(17,18)19/h2-8,21H,1H3,(H,20,22)(H,23,24). The first-order chi connectivity index (χ1) is 11.4. The van der Waals surface area contributed by atoms with E-state index in [-0.39, 0.29) is 11.4 Å². The molecule has 3 rings (SSSR count). The van der Waals surface area contributed by atoms with Crippen molar-refractivity contribution >= 4 is 22.5 Å². The highest BCUT2D eigenvalue weighted by atomic mass is 19.4. The minimum Gasteiger partial charge on any atom is -0.298 e. The minimum absolute atomic E-state index is 0.102. The van der Waals surface area contributed by atoms with Gasteiger partial charge in [-0.3, -0.25) is 20.7 Å². The van der Waals surface area contributed by atoms with Gasteiger partial charge in [0.2, 0.25) is 0 Å². The number of aryl methyl sites for hydroxylation is 1. The third-order valence-corrected chi connectivity index (χ3v) is 3.48. The lowest BCUT2D eigenvalue weighted by molar-refractivity contribution is -0.137. The average molecular weight is 334 g/mol. The lowest BCUT2D eigenvalue weighted by atomic mass is 10.1. The molecule has 3 aromatic rings. The second-order valence-electron chi connectivity index (χ2n) is 5.24. The number of carbonyl (C=O) groups is 1. The number of aromatic amines is 1. The third kappa shape index (κ3) is 3.03. The lowest BCUT2D eigenvalue weighted by Gasteiger charge is -2.14. The van der Waals surface area contributed by atoms with E-state index in [0.29, 0.717) is 10.9 Å². The molecule has 0 spiro atoms. The van der Waals surface area contributed by atoms with Crippen molar-refractivity contribution in [2.75, 3.05) is 5.43 Å². The monoisotopic (exact) mass is 334 g/mol.